The molecule has 0 aliphatic heterocycles. The van der Waals surface area contributed by atoms with E-state index < -0.39 is 0 Å². The molecular weight excluding hydrogens is 256 g/mol. The lowest BCUT2D eigenvalue weighted by Gasteiger charge is -2.24. The van der Waals surface area contributed by atoms with Gasteiger partial charge in [-0.25, -0.2) is 4.98 Å². The van der Waals surface area contributed by atoms with Gasteiger partial charge in [0.2, 0.25) is 5.88 Å². The minimum absolute atomic E-state index is 0.239. The number of nitrogens with zero attached hydrogens (tertiary/aromatic N) is 2. The topological polar surface area (TPSA) is 67.8 Å². The first-order valence-electron chi connectivity index (χ1n) is 6.49. The van der Waals surface area contributed by atoms with Crippen LogP contribution in [-0.4, -0.2) is 44.4 Å². The minimum Gasteiger partial charge on any atom is -0.481 e. The van der Waals surface area contributed by atoms with Gasteiger partial charge in [0, 0.05) is 39.5 Å². The van der Waals surface area contributed by atoms with Gasteiger partial charge in [-0.3, -0.25) is 4.99 Å². The van der Waals surface area contributed by atoms with Gasteiger partial charge >= 0.3 is 0 Å². The zero-order valence-corrected chi connectivity index (χ0v) is 12.9. The van der Waals surface area contributed by atoms with Crippen molar-refractivity contribution in [3.8, 4) is 5.88 Å². The number of hydrogen-bond donors (Lipinski definition) is 2. The molecule has 0 unspecified atom stereocenters. The highest BCUT2D eigenvalue weighted by atomic mass is 16.5. The average molecular weight is 280 g/mol. The van der Waals surface area contributed by atoms with Crippen LogP contribution in [0, 0.1) is 0 Å². The molecule has 0 aliphatic rings. The molecule has 1 rings (SSSR count). The third-order valence-corrected chi connectivity index (χ3v) is 2.93. The highest BCUT2D eigenvalue weighted by Gasteiger charge is 2.16. The maximum absolute atomic E-state index is 5.36. The molecule has 1 heterocycles. The van der Waals surface area contributed by atoms with Crippen LogP contribution >= 0.6 is 0 Å². The normalized spacial score (nSPS) is 12.2. The maximum atomic E-state index is 5.36. The predicted octanol–water partition coefficient (Wildman–Crippen LogP) is 1.18. The molecule has 0 amide bonds. The predicted molar refractivity (Wildman–Crippen MR) is 80.1 cm³/mol. The Morgan fingerprint density at radius 1 is 1.35 bits per heavy atom. The standard InChI is InChI=1S/C14H24N4O2/c1-14(2,20-5)10-18-13(15-3)17-9-11-6-7-16-12(8-11)19-4/h6-8H,9-10H2,1-5H3,(H2,15,17,18). The number of rotatable bonds is 6. The van der Waals surface area contributed by atoms with E-state index in [1.54, 1.807) is 27.5 Å². The molecule has 0 saturated carbocycles. The van der Waals surface area contributed by atoms with E-state index in [0.29, 0.717) is 19.0 Å². The first-order chi connectivity index (χ1) is 9.50. The summed E-state index contributed by atoms with van der Waals surface area (Å²) in [5.41, 5.74) is 0.836. The fourth-order valence-electron chi connectivity index (χ4n) is 1.45. The summed E-state index contributed by atoms with van der Waals surface area (Å²) >= 11 is 0. The van der Waals surface area contributed by atoms with Crippen molar-refractivity contribution < 1.29 is 9.47 Å². The van der Waals surface area contributed by atoms with E-state index in [4.69, 9.17) is 9.47 Å². The van der Waals surface area contributed by atoms with Gasteiger partial charge in [-0.15, -0.1) is 0 Å². The zero-order valence-electron chi connectivity index (χ0n) is 12.9. The summed E-state index contributed by atoms with van der Waals surface area (Å²) in [7, 11) is 5.04. The van der Waals surface area contributed by atoms with E-state index in [1.807, 2.05) is 26.0 Å². The summed E-state index contributed by atoms with van der Waals surface area (Å²) in [6.07, 6.45) is 1.72. The van der Waals surface area contributed by atoms with Crippen LogP contribution in [0.3, 0.4) is 0 Å². The van der Waals surface area contributed by atoms with Crippen molar-refractivity contribution in [2.24, 2.45) is 4.99 Å². The van der Waals surface area contributed by atoms with Crippen LogP contribution in [0.25, 0.3) is 0 Å². The van der Waals surface area contributed by atoms with Gasteiger partial charge in [-0.1, -0.05) is 0 Å². The molecule has 0 aromatic carbocycles. The van der Waals surface area contributed by atoms with Gasteiger partial charge in [-0.05, 0) is 25.5 Å². The van der Waals surface area contributed by atoms with E-state index in [-0.39, 0.29) is 5.60 Å². The fraction of sp³-hybridized carbons (Fsp3) is 0.571. The second-order valence-electron chi connectivity index (χ2n) is 4.95. The van der Waals surface area contributed by atoms with Crippen LogP contribution in [-0.2, 0) is 11.3 Å². The molecule has 0 saturated heterocycles. The molecule has 6 heteroatoms. The zero-order chi connectivity index (χ0) is 15.0. The summed E-state index contributed by atoms with van der Waals surface area (Å²) in [6.45, 7) is 5.34. The molecule has 1 aromatic rings. The Bertz CT molecular complexity index is 447. The van der Waals surface area contributed by atoms with Crippen LogP contribution in [0.15, 0.2) is 23.3 Å². The highest BCUT2D eigenvalue weighted by molar-refractivity contribution is 5.79. The van der Waals surface area contributed by atoms with E-state index in [0.717, 1.165) is 11.5 Å². The summed E-state index contributed by atoms with van der Waals surface area (Å²) in [6, 6.07) is 3.82. The number of hydrogen-bond acceptors (Lipinski definition) is 4. The molecule has 2 N–H and O–H groups in total. The van der Waals surface area contributed by atoms with Crippen molar-refractivity contribution in [1.29, 1.82) is 0 Å². The summed E-state index contributed by atoms with van der Waals surface area (Å²) in [5, 5.41) is 6.46. The van der Waals surface area contributed by atoms with Crippen LogP contribution in [0.2, 0.25) is 0 Å². The van der Waals surface area contributed by atoms with Gasteiger partial charge in [0.15, 0.2) is 5.96 Å². The van der Waals surface area contributed by atoms with Crippen LogP contribution in [0.1, 0.15) is 19.4 Å². The monoisotopic (exact) mass is 280 g/mol. The number of nitrogens with one attached hydrogen (secondary N) is 2. The third-order valence-electron chi connectivity index (χ3n) is 2.93. The third kappa shape index (κ3) is 5.44. The number of pyridine rings is 1. The van der Waals surface area contributed by atoms with E-state index in [9.17, 15) is 0 Å². The molecule has 112 valence electrons. The lowest BCUT2D eigenvalue weighted by molar-refractivity contribution is 0.0268. The molecule has 0 aliphatic carbocycles. The number of aliphatic imine (C=N–C) groups is 1. The number of methoxy groups -OCH3 is 2. The molecule has 0 bridgehead atoms. The lowest BCUT2D eigenvalue weighted by atomic mass is 10.1. The second kappa shape index (κ2) is 7.69. The van der Waals surface area contributed by atoms with Crippen molar-refractivity contribution in [3.05, 3.63) is 23.9 Å². The average Bonchev–Trinajstić information content (AvgIpc) is 2.47. The minimum atomic E-state index is -0.239. The largest absolute Gasteiger partial charge is 0.481 e. The number of guanidine groups is 1. The quantitative estimate of drug-likeness (QED) is 0.605. The molecular formula is C14H24N4O2. The Balaban J connectivity index is 2.49. The van der Waals surface area contributed by atoms with Crippen molar-refractivity contribution in [2.75, 3.05) is 27.8 Å². The van der Waals surface area contributed by atoms with Crippen molar-refractivity contribution in [1.82, 2.24) is 15.6 Å². The Labute approximate surface area is 120 Å². The lowest BCUT2D eigenvalue weighted by Crippen LogP contribution is -2.45. The molecule has 0 spiro atoms. The molecule has 1 aromatic heterocycles. The van der Waals surface area contributed by atoms with Gasteiger partial charge in [0.05, 0.1) is 12.7 Å². The Morgan fingerprint density at radius 2 is 2.10 bits per heavy atom. The van der Waals surface area contributed by atoms with Gasteiger partial charge < -0.3 is 20.1 Å². The summed E-state index contributed by atoms with van der Waals surface area (Å²) in [5.74, 6) is 1.33. The van der Waals surface area contributed by atoms with E-state index in [2.05, 4.69) is 20.6 Å². The maximum Gasteiger partial charge on any atom is 0.213 e. The first kappa shape index (κ1) is 16.2. The molecule has 20 heavy (non-hydrogen) atoms. The van der Waals surface area contributed by atoms with Crippen LogP contribution in [0.4, 0.5) is 0 Å². The molecule has 6 nitrogen and oxygen atoms in total. The summed E-state index contributed by atoms with van der Waals surface area (Å²) < 4.78 is 10.4. The SMILES string of the molecule is CN=C(NCc1ccnc(OC)c1)NCC(C)(C)OC. The first-order valence-corrected chi connectivity index (χ1v) is 6.49. The molecule has 0 fully saturated rings. The second-order valence-corrected chi connectivity index (χ2v) is 4.95. The number of ether oxygens (including phenoxy) is 2. The van der Waals surface area contributed by atoms with Crippen molar-refractivity contribution in [3.63, 3.8) is 0 Å². The fourth-order valence-corrected chi connectivity index (χ4v) is 1.45. The number of aromatic nitrogens is 1. The summed E-state index contributed by atoms with van der Waals surface area (Å²) in [4.78, 5) is 8.25. The van der Waals surface area contributed by atoms with Crippen molar-refractivity contribution in [2.45, 2.75) is 26.0 Å². The van der Waals surface area contributed by atoms with Crippen molar-refractivity contribution >= 4 is 5.96 Å². The van der Waals surface area contributed by atoms with E-state index >= 15 is 0 Å². The smallest absolute Gasteiger partial charge is 0.213 e. The molecule has 0 radical (unpaired) electrons. The van der Waals surface area contributed by atoms with Gasteiger partial charge in [-0.2, -0.15) is 0 Å². The Kier molecular flexibility index (Phi) is 6.24. The van der Waals surface area contributed by atoms with Crippen LogP contribution in [0.5, 0.6) is 5.88 Å². The van der Waals surface area contributed by atoms with Gasteiger partial charge in [0.25, 0.3) is 0 Å². The van der Waals surface area contributed by atoms with E-state index in [1.165, 1.54) is 0 Å². The Morgan fingerprint density at radius 3 is 2.70 bits per heavy atom. The van der Waals surface area contributed by atoms with Crippen LogP contribution < -0.4 is 15.4 Å². The molecule has 0 atom stereocenters. The van der Waals surface area contributed by atoms with Gasteiger partial charge in [0.1, 0.15) is 0 Å². The Hall–Kier alpha value is -1.82. The highest BCUT2D eigenvalue weighted by Crippen LogP contribution is 2.08.